The van der Waals surface area contributed by atoms with Crippen molar-refractivity contribution in [2.75, 3.05) is 10.6 Å². The van der Waals surface area contributed by atoms with Crippen molar-refractivity contribution in [1.82, 2.24) is 19.7 Å². The average molecular weight is 406 g/mol. The molecule has 154 valence electrons. The number of benzene rings is 1. The van der Waals surface area contributed by atoms with Gasteiger partial charge in [0, 0.05) is 17.6 Å². The zero-order valence-corrected chi connectivity index (χ0v) is 16.0. The Balaban J connectivity index is 1.68. The van der Waals surface area contributed by atoms with E-state index in [0.717, 1.165) is 19.0 Å². The van der Waals surface area contributed by atoms with Crippen LogP contribution in [0.5, 0.6) is 0 Å². The van der Waals surface area contributed by atoms with Crippen LogP contribution in [0.1, 0.15) is 38.7 Å². The van der Waals surface area contributed by atoms with E-state index >= 15 is 0 Å². The van der Waals surface area contributed by atoms with Crippen LogP contribution in [0.25, 0.3) is 10.9 Å². The standard InChI is InChI=1S/C19H21F3N6O/c1-19(2,29)9-28-15-11(8-24-28)14(6-5-13(15)20)26-18-23-7-12(16(21)22)17(27-18)25-10-3-4-10/h5-8,10,16,29H,3-4,9H2,1-2H3,(H2,23,25,26,27). The van der Waals surface area contributed by atoms with Gasteiger partial charge in [-0.15, -0.1) is 0 Å². The van der Waals surface area contributed by atoms with Gasteiger partial charge in [0.2, 0.25) is 5.95 Å². The molecule has 3 N–H and O–H groups in total. The summed E-state index contributed by atoms with van der Waals surface area (Å²) >= 11 is 0. The van der Waals surface area contributed by atoms with Crippen molar-refractivity contribution in [3.63, 3.8) is 0 Å². The second kappa shape index (κ2) is 7.18. The van der Waals surface area contributed by atoms with Gasteiger partial charge in [0.1, 0.15) is 17.2 Å². The summed E-state index contributed by atoms with van der Waals surface area (Å²) in [6.45, 7) is 3.31. The number of hydrogen-bond acceptors (Lipinski definition) is 6. The number of halogens is 3. The largest absolute Gasteiger partial charge is 0.389 e. The molecule has 0 aliphatic heterocycles. The van der Waals surface area contributed by atoms with Crippen LogP contribution in [0.3, 0.4) is 0 Å². The monoisotopic (exact) mass is 406 g/mol. The summed E-state index contributed by atoms with van der Waals surface area (Å²) < 4.78 is 42.3. The lowest BCUT2D eigenvalue weighted by molar-refractivity contribution is 0.0590. The van der Waals surface area contributed by atoms with Crippen LogP contribution in [0, 0.1) is 5.82 Å². The Morgan fingerprint density at radius 3 is 2.69 bits per heavy atom. The first kappa shape index (κ1) is 19.4. The molecular weight excluding hydrogens is 385 g/mol. The zero-order chi connectivity index (χ0) is 20.8. The molecule has 10 heteroatoms. The average Bonchev–Trinajstić information content (AvgIpc) is 3.34. The summed E-state index contributed by atoms with van der Waals surface area (Å²) in [5.74, 6) is -0.283. The van der Waals surface area contributed by atoms with Crippen molar-refractivity contribution in [2.45, 2.75) is 51.3 Å². The maximum absolute atomic E-state index is 14.4. The lowest BCUT2D eigenvalue weighted by Crippen LogP contribution is -2.26. The fourth-order valence-corrected chi connectivity index (χ4v) is 3.02. The molecule has 0 radical (unpaired) electrons. The Hall–Kier alpha value is -2.88. The molecule has 1 aromatic carbocycles. The number of fused-ring (bicyclic) bond motifs is 1. The van der Waals surface area contributed by atoms with Crippen molar-refractivity contribution >= 4 is 28.4 Å². The first-order valence-electron chi connectivity index (χ1n) is 9.26. The minimum Gasteiger partial charge on any atom is -0.389 e. The zero-order valence-electron chi connectivity index (χ0n) is 16.0. The number of nitrogens with one attached hydrogen (secondary N) is 2. The van der Waals surface area contributed by atoms with Crippen LogP contribution >= 0.6 is 0 Å². The minimum absolute atomic E-state index is 0.0936. The van der Waals surface area contributed by atoms with E-state index in [9.17, 15) is 18.3 Å². The highest BCUT2D eigenvalue weighted by molar-refractivity contribution is 5.93. The topological polar surface area (TPSA) is 87.9 Å². The summed E-state index contributed by atoms with van der Waals surface area (Å²) in [7, 11) is 0. The van der Waals surface area contributed by atoms with Crippen molar-refractivity contribution in [3.05, 3.63) is 35.9 Å². The van der Waals surface area contributed by atoms with Crippen molar-refractivity contribution in [3.8, 4) is 0 Å². The van der Waals surface area contributed by atoms with Gasteiger partial charge in [0.05, 0.1) is 29.6 Å². The molecule has 3 aromatic rings. The van der Waals surface area contributed by atoms with Crippen molar-refractivity contribution in [1.29, 1.82) is 0 Å². The van der Waals surface area contributed by atoms with Gasteiger partial charge >= 0.3 is 0 Å². The number of aromatic nitrogens is 4. The molecule has 0 unspecified atom stereocenters. The molecule has 0 amide bonds. The SMILES string of the molecule is CC(C)(O)Cn1ncc2c(Nc3ncc(C(F)F)c(NC4CC4)n3)ccc(F)c21. The molecule has 0 bridgehead atoms. The lowest BCUT2D eigenvalue weighted by Gasteiger charge is -2.18. The van der Waals surface area contributed by atoms with E-state index in [4.69, 9.17) is 0 Å². The maximum Gasteiger partial charge on any atom is 0.268 e. The smallest absolute Gasteiger partial charge is 0.268 e. The van der Waals surface area contributed by atoms with Crippen LogP contribution in [-0.2, 0) is 6.54 Å². The van der Waals surface area contributed by atoms with Crippen molar-refractivity contribution in [2.24, 2.45) is 0 Å². The predicted molar refractivity (Wildman–Crippen MR) is 103 cm³/mol. The molecular formula is C19H21F3N6O. The summed E-state index contributed by atoms with van der Waals surface area (Å²) in [4.78, 5) is 8.17. The fraction of sp³-hybridized carbons (Fsp3) is 0.421. The predicted octanol–water partition coefficient (Wildman–Crippen LogP) is 3.99. The van der Waals surface area contributed by atoms with Crippen LogP contribution in [0.15, 0.2) is 24.5 Å². The Bertz CT molecular complexity index is 1040. The molecule has 0 atom stereocenters. The Kier molecular flexibility index (Phi) is 4.81. The highest BCUT2D eigenvalue weighted by Crippen LogP contribution is 2.32. The van der Waals surface area contributed by atoms with E-state index in [-0.39, 0.29) is 35.4 Å². The summed E-state index contributed by atoms with van der Waals surface area (Å²) in [5, 5.41) is 20.6. The Morgan fingerprint density at radius 1 is 1.28 bits per heavy atom. The third-order valence-corrected chi connectivity index (χ3v) is 4.51. The molecule has 1 fully saturated rings. The van der Waals surface area contributed by atoms with Gasteiger partial charge in [-0.05, 0) is 38.8 Å². The first-order valence-corrected chi connectivity index (χ1v) is 9.26. The summed E-state index contributed by atoms with van der Waals surface area (Å²) in [6, 6.07) is 2.92. The second-order valence-electron chi connectivity index (χ2n) is 7.81. The van der Waals surface area contributed by atoms with Gasteiger partial charge in [-0.25, -0.2) is 18.2 Å². The maximum atomic E-state index is 14.4. The van der Waals surface area contributed by atoms with Gasteiger partial charge in [0.15, 0.2) is 0 Å². The fourth-order valence-electron chi connectivity index (χ4n) is 3.02. The molecule has 7 nitrogen and oxygen atoms in total. The Morgan fingerprint density at radius 2 is 2.03 bits per heavy atom. The summed E-state index contributed by atoms with van der Waals surface area (Å²) in [6.07, 6.45) is 1.69. The molecule has 1 aliphatic rings. The molecule has 0 spiro atoms. The van der Waals surface area contributed by atoms with E-state index in [1.54, 1.807) is 13.8 Å². The van der Waals surface area contributed by atoms with Gasteiger partial charge in [-0.3, -0.25) is 4.68 Å². The molecule has 2 heterocycles. The number of aliphatic hydroxyl groups is 1. The molecule has 1 aliphatic carbocycles. The third kappa shape index (κ3) is 4.26. The van der Waals surface area contributed by atoms with Gasteiger partial charge in [0.25, 0.3) is 6.43 Å². The number of anilines is 3. The van der Waals surface area contributed by atoms with Crippen LogP contribution < -0.4 is 10.6 Å². The highest BCUT2D eigenvalue weighted by Gasteiger charge is 2.25. The number of alkyl halides is 2. The molecule has 2 aromatic heterocycles. The minimum atomic E-state index is -2.69. The van der Waals surface area contributed by atoms with E-state index in [0.29, 0.717) is 11.1 Å². The first-order chi connectivity index (χ1) is 13.7. The van der Waals surface area contributed by atoms with Crippen LogP contribution in [-0.4, -0.2) is 36.5 Å². The van der Waals surface area contributed by atoms with E-state index in [1.807, 2.05) is 0 Å². The highest BCUT2D eigenvalue weighted by atomic mass is 19.3. The molecule has 1 saturated carbocycles. The van der Waals surface area contributed by atoms with Gasteiger partial charge in [-0.2, -0.15) is 10.1 Å². The third-order valence-electron chi connectivity index (χ3n) is 4.51. The lowest BCUT2D eigenvalue weighted by atomic mass is 10.1. The van der Waals surface area contributed by atoms with Crippen molar-refractivity contribution < 1.29 is 18.3 Å². The second-order valence-corrected chi connectivity index (χ2v) is 7.81. The quantitative estimate of drug-likeness (QED) is 0.550. The number of rotatable bonds is 7. The van der Waals surface area contributed by atoms with Gasteiger partial charge in [-0.1, -0.05) is 0 Å². The molecule has 4 rings (SSSR count). The Labute approximate surface area is 165 Å². The molecule has 0 saturated heterocycles. The molecule has 29 heavy (non-hydrogen) atoms. The van der Waals surface area contributed by atoms with E-state index in [2.05, 4.69) is 25.7 Å². The normalized spacial score (nSPS) is 14.6. The van der Waals surface area contributed by atoms with Gasteiger partial charge < -0.3 is 15.7 Å². The number of hydrogen-bond donors (Lipinski definition) is 3. The van der Waals surface area contributed by atoms with E-state index < -0.39 is 17.8 Å². The summed E-state index contributed by atoms with van der Waals surface area (Å²) in [5.41, 5.74) is -0.639. The number of nitrogens with zero attached hydrogens (tertiary/aromatic N) is 4. The van der Waals surface area contributed by atoms with Crippen LogP contribution in [0.2, 0.25) is 0 Å². The van der Waals surface area contributed by atoms with Crippen LogP contribution in [0.4, 0.5) is 30.6 Å². The van der Waals surface area contributed by atoms with E-state index in [1.165, 1.54) is 23.0 Å².